The van der Waals surface area contributed by atoms with Gasteiger partial charge in [0.2, 0.25) is 0 Å². The van der Waals surface area contributed by atoms with Crippen LogP contribution in [0.25, 0.3) is 0 Å². The van der Waals surface area contributed by atoms with Gasteiger partial charge in [-0.1, -0.05) is 0 Å². The van der Waals surface area contributed by atoms with Crippen LogP contribution >= 0.6 is 68.9 Å². The van der Waals surface area contributed by atoms with Gasteiger partial charge in [-0.2, -0.15) is 11.3 Å². The molecular weight excluding hydrogens is 483 g/mol. The van der Waals surface area contributed by atoms with Crippen LogP contribution < -0.4 is 5.73 Å². The molecule has 0 spiro atoms. The first kappa shape index (κ1) is 15.5. The fourth-order valence-corrected chi connectivity index (χ4v) is 3.92. The van der Waals surface area contributed by atoms with Gasteiger partial charge in [0.25, 0.3) is 0 Å². The first-order valence-electron chi connectivity index (χ1n) is 4.55. The van der Waals surface area contributed by atoms with Crippen LogP contribution in [0.4, 0.5) is 0 Å². The van der Waals surface area contributed by atoms with Gasteiger partial charge >= 0.3 is 0 Å². The minimum atomic E-state index is -0.117. The average Bonchev–Trinajstić information content (AvgIpc) is 2.77. The highest BCUT2D eigenvalue weighted by Crippen LogP contribution is 2.31. The Labute approximate surface area is 137 Å². The molecule has 0 amide bonds. The summed E-state index contributed by atoms with van der Waals surface area (Å²) in [6.45, 7) is 0. The molecule has 0 saturated carbocycles. The minimum absolute atomic E-state index is 0. The van der Waals surface area contributed by atoms with Crippen molar-refractivity contribution in [3.63, 3.8) is 0 Å². The van der Waals surface area contributed by atoms with E-state index in [9.17, 15) is 5.11 Å². The van der Waals surface area contributed by atoms with Gasteiger partial charge < -0.3 is 10.8 Å². The normalized spacial score (nSPS) is 11.9. The molecule has 1 aromatic carbocycles. The topological polar surface area (TPSA) is 46.2 Å². The molecule has 6 heteroatoms. The third-order valence-corrected chi connectivity index (χ3v) is 4.65. The van der Waals surface area contributed by atoms with Crippen molar-refractivity contribution in [3.05, 3.63) is 47.2 Å². The molecule has 0 aliphatic carbocycles. The summed E-state index contributed by atoms with van der Waals surface area (Å²) in [5.41, 5.74) is 8.31. The number of thiophene rings is 1. The Morgan fingerprint density at radius 2 is 1.76 bits per heavy atom. The van der Waals surface area contributed by atoms with E-state index >= 15 is 0 Å². The standard InChI is InChI=1S/C11H9I2NOS.ClH/c12-8-3-7(4-9(13)11(8)15)10(14)6-1-2-16-5-6;/h1-5,10,15H,14H2;1H/t10-;/m0./s1. The second-order valence-corrected chi connectivity index (χ2v) is 6.47. The van der Waals surface area contributed by atoms with Gasteiger partial charge in [0.15, 0.2) is 0 Å². The molecule has 2 aromatic rings. The molecule has 17 heavy (non-hydrogen) atoms. The van der Waals surface area contributed by atoms with Crippen LogP contribution in [0.5, 0.6) is 5.75 Å². The maximum absolute atomic E-state index is 9.69. The van der Waals surface area contributed by atoms with Gasteiger partial charge in [-0.05, 0) is 85.3 Å². The van der Waals surface area contributed by atoms with Crippen molar-refractivity contribution >= 4 is 68.9 Å². The van der Waals surface area contributed by atoms with E-state index in [4.69, 9.17) is 5.73 Å². The Kier molecular flexibility index (Phi) is 5.97. The first-order valence-corrected chi connectivity index (χ1v) is 7.65. The molecule has 92 valence electrons. The van der Waals surface area contributed by atoms with E-state index in [-0.39, 0.29) is 18.4 Å². The summed E-state index contributed by atoms with van der Waals surface area (Å²) in [5, 5.41) is 13.8. The smallest absolute Gasteiger partial charge is 0.142 e. The zero-order valence-corrected chi connectivity index (χ0v) is 14.5. The van der Waals surface area contributed by atoms with Crippen LogP contribution in [0.1, 0.15) is 17.2 Å². The Morgan fingerprint density at radius 3 is 2.24 bits per heavy atom. The average molecular weight is 494 g/mol. The van der Waals surface area contributed by atoms with Crippen LogP contribution in [0.2, 0.25) is 0 Å². The van der Waals surface area contributed by atoms with Crippen molar-refractivity contribution in [2.75, 3.05) is 0 Å². The number of aromatic hydroxyl groups is 1. The van der Waals surface area contributed by atoms with Gasteiger partial charge in [0.05, 0.1) is 13.2 Å². The summed E-state index contributed by atoms with van der Waals surface area (Å²) in [7, 11) is 0. The highest BCUT2D eigenvalue weighted by molar-refractivity contribution is 14.1. The molecule has 3 N–H and O–H groups in total. The monoisotopic (exact) mass is 493 g/mol. The Balaban J connectivity index is 0.00000144. The quantitative estimate of drug-likeness (QED) is 0.618. The first-order chi connectivity index (χ1) is 7.59. The number of hydrogen-bond acceptors (Lipinski definition) is 3. The Hall–Kier alpha value is 0.430. The lowest BCUT2D eigenvalue weighted by atomic mass is 10.0. The maximum atomic E-state index is 9.69. The van der Waals surface area contributed by atoms with Crippen molar-refractivity contribution in [3.8, 4) is 5.75 Å². The van der Waals surface area contributed by atoms with Gasteiger partial charge in [0, 0.05) is 0 Å². The van der Waals surface area contributed by atoms with Gasteiger partial charge in [-0.15, -0.1) is 12.4 Å². The van der Waals surface area contributed by atoms with Gasteiger partial charge in [-0.3, -0.25) is 0 Å². The summed E-state index contributed by atoms with van der Waals surface area (Å²) in [6, 6.07) is 5.77. The lowest BCUT2D eigenvalue weighted by molar-refractivity contribution is 0.467. The molecule has 0 fully saturated rings. The van der Waals surface area contributed by atoms with E-state index in [2.05, 4.69) is 50.6 Å². The molecule has 0 aliphatic rings. The molecule has 0 saturated heterocycles. The molecule has 1 aromatic heterocycles. The lowest BCUT2D eigenvalue weighted by Crippen LogP contribution is -2.11. The number of phenolic OH excluding ortho intramolecular Hbond substituents is 1. The largest absolute Gasteiger partial charge is 0.506 e. The molecule has 0 radical (unpaired) electrons. The van der Waals surface area contributed by atoms with Crippen LogP contribution in [0.15, 0.2) is 29.0 Å². The van der Waals surface area contributed by atoms with Gasteiger partial charge in [0.1, 0.15) is 5.75 Å². The number of halogens is 3. The lowest BCUT2D eigenvalue weighted by Gasteiger charge is -2.12. The van der Waals surface area contributed by atoms with E-state index in [1.165, 1.54) is 0 Å². The van der Waals surface area contributed by atoms with Crippen LogP contribution in [0.3, 0.4) is 0 Å². The van der Waals surface area contributed by atoms with Crippen molar-refractivity contribution in [1.29, 1.82) is 0 Å². The predicted molar refractivity (Wildman–Crippen MR) is 91.1 cm³/mol. The zero-order valence-electron chi connectivity index (χ0n) is 8.56. The van der Waals surface area contributed by atoms with E-state index in [0.29, 0.717) is 5.75 Å². The Bertz CT molecular complexity index is 481. The van der Waals surface area contributed by atoms with Gasteiger partial charge in [-0.25, -0.2) is 0 Å². The number of nitrogens with two attached hydrogens (primary N) is 1. The van der Waals surface area contributed by atoms with Crippen molar-refractivity contribution in [2.24, 2.45) is 5.73 Å². The molecule has 2 nitrogen and oxygen atoms in total. The van der Waals surface area contributed by atoms with E-state index < -0.39 is 0 Å². The second kappa shape index (κ2) is 6.55. The van der Waals surface area contributed by atoms with Crippen molar-refractivity contribution in [1.82, 2.24) is 0 Å². The third-order valence-electron chi connectivity index (χ3n) is 2.30. The summed E-state index contributed by atoms with van der Waals surface area (Å²) in [4.78, 5) is 0. The molecule has 0 unspecified atom stereocenters. The SMILES string of the molecule is Cl.N[C@@H](c1ccsc1)c1cc(I)c(O)c(I)c1. The summed E-state index contributed by atoms with van der Waals surface area (Å²) >= 11 is 5.88. The van der Waals surface area contributed by atoms with Crippen LogP contribution in [-0.4, -0.2) is 5.11 Å². The molecule has 0 aliphatic heterocycles. The Morgan fingerprint density at radius 1 is 1.18 bits per heavy atom. The maximum Gasteiger partial charge on any atom is 0.142 e. The van der Waals surface area contributed by atoms with E-state index in [1.807, 2.05) is 23.6 Å². The summed E-state index contributed by atoms with van der Waals surface area (Å²) < 4.78 is 1.68. The summed E-state index contributed by atoms with van der Waals surface area (Å²) in [5.74, 6) is 0.336. The summed E-state index contributed by atoms with van der Waals surface area (Å²) in [6.07, 6.45) is 0. The number of benzene rings is 1. The highest BCUT2D eigenvalue weighted by Gasteiger charge is 2.13. The molecule has 0 bridgehead atoms. The highest BCUT2D eigenvalue weighted by atomic mass is 127. The third kappa shape index (κ3) is 3.46. The molecule has 2 rings (SSSR count). The molecule has 1 atom stereocenters. The fraction of sp³-hybridized carbons (Fsp3) is 0.0909. The van der Waals surface area contributed by atoms with Crippen molar-refractivity contribution < 1.29 is 5.11 Å². The fourth-order valence-electron chi connectivity index (χ4n) is 1.41. The van der Waals surface area contributed by atoms with Crippen molar-refractivity contribution in [2.45, 2.75) is 6.04 Å². The number of phenols is 1. The number of hydrogen-bond donors (Lipinski definition) is 2. The molecular formula is C11H10ClI2NOS. The van der Waals surface area contributed by atoms with Crippen LogP contribution in [-0.2, 0) is 0 Å². The molecule has 1 heterocycles. The zero-order chi connectivity index (χ0) is 11.7. The predicted octanol–water partition coefficient (Wildman–Crippen LogP) is 4.13. The minimum Gasteiger partial charge on any atom is -0.506 e. The second-order valence-electron chi connectivity index (χ2n) is 3.37. The van der Waals surface area contributed by atoms with Crippen LogP contribution in [0, 0.1) is 7.14 Å². The number of rotatable bonds is 2. The van der Waals surface area contributed by atoms with E-state index in [1.54, 1.807) is 11.3 Å². The van der Waals surface area contributed by atoms with E-state index in [0.717, 1.165) is 18.3 Å².